The van der Waals surface area contributed by atoms with Gasteiger partial charge in [0.05, 0.1) is 35.5 Å². The number of benzene rings is 1. The molecule has 0 atom stereocenters. The highest BCUT2D eigenvalue weighted by atomic mass is 32.2. The highest BCUT2D eigenvalue weighted by Gasteiger charge is 2.16. The van der Waals surface area contributed by atoms with E-state index in [9.17, 15) is 9.59 Å². The molecule has 108 valence electrons. The van der Waals surface area contributed by atoms with Crippen molar-refractivity contribution < 1.29 is 19.4 Å². The van der Waals surface area contributed by atoms with E-state index in [1.54, 1.807) is 22.8 Å². The maximum Gasteiger partial charge on any atom is 0.325 e. The standard InChI is InChI=1S/C13H11N3O4S/c1-20-12(19)6-16-10-4-8(5-14)2-3-9(10)15-13(16)21-7-11(17)18/h2-4H,6-7H2,1H3,(H,17,18). The van der Waals surface area contributed by atoms with Gasteiger partial charge >= 0.3 is 11.9 Å². The summed E-state index contributed by atoms with van der Waals surface area (Å²) in [6, 6.07) is 6.90. The largest absolute Gasteiger partial charge is 0.481 e. The van der Waals surface area contributed by atoms with Crippen LogP contribution in [-0.2, 0) is 20.9 Å². The zero-order valence-electron chi connectivity index (χ0n) is 11.1. The van der Waals surface area contributed by atoms with Gasteiger partial charge in [-0.05, 0) is 18.2 Å². The molecule has 0 bridgehead atoms. The molecule has 1 aromatic heterocycles. The minimum atomic E-state index is -0.977. The highest BCUT2D eigenvalue weighted by Crippen LogP contribution is 2.25. The van der Waals surface area contributed by atoms with E-state index < -0.39 is 11.9 Å². The molecule has 7 nitrogen and oxygen atoms in total. The summed E-state index contributed by atoms with van der Waals surface area (Å²) in [5.74, 6) is -1.63. The van der Waals surface area contributed by atoms with Gasteiger partial charge in [0.2, 0.25) is 0 Å². The Morgan fingerprint density at radius 3 is 2.90 bits per heavy atom. The van der Waals surface area contributed by atoms with Crippen molar-refractivity contribution >= 4 is 34.7 Å². The molecule has 0 amide bonds. The summed E-state index contributed by atoms with van der Waals surface area (Å²) in [5, 5.41) is 18.1. The fourth-order valence-corrected chi connectivity index (χ4v) is 2.49. The summed E-state index contributed by atoms with van der Waals surface area (Å²) in [7, 11) is 1.27. The van der Waals surface area contributed by atoms with Crippen LogP contribution in [0.15, 0.2) is 23.4 Å². The van der Waals surface area contributed by atoms with Crippen LogP contribution in [0.4, 0.5) is 0 Å². The van der Waals surface area contributed by atoms with Crippen molar-refractivity contribution in [2.75, 3.05) is 12.9 Å². The molecule has 0 radical (unpaired) electrons. The molecule has 2 aromatic rings. The van der Waals surface area contributed by atoms with Crippen LogP contribution in [0, 0.1) is 11.3 Å². The molecule has 0 saturated carbocycles. The predicted octanol–water partition coefficient (Wildman–Crippen LogP) is 1.26. The number of nitriles is 1. The number of nitrogens with zero attached hydrogens (tertiary/aromatic N) is 3. The first-order chi connectivity index (χ1) is 10.0. The van der Waals surface area contributed by atoms with E-state index in [4.69, 9.17) is 10.4 Å². The summed E-state index contributed by atoms with van der Waals surface area (Å²) in [6.07, 6.45) is 0. The maximum absolute atomic E-state index is 11.5. The number of fused-ring (bicyclic) bond motifs is 1. The van der Waals surface area contributed by atoms with Crippen molar-refractivity contribution in [2.24, 2.45) is 0 Å². The third-order valence-corrected chi connectivity index (χ3v) is 3.64. The monoisotopic (exact) mass is 305 g/mol. The van der Waals surface area contributed by atoms with Crippen LogP contribution >= 0.6 is 11.8 Å². The number of carboxylic acids is 1. The molecule has 0 aliphatic carbocycles. The Bertz CT molecular complexity index is 748. The van der Waals surface area contributed by atoms with E-state index in [0.717, 1.165) is 11.8 Å². The van der Waals surface area contributed by atoms with Gasteiger partial charge in [-0.1, -0.05) is 11.8 Å². The average molecular weight is 305 g/mol. The number of imidazole rings is 1. The molecule has 2 rings (SSSR count). The highest BCUT2D eigenvalue weighted by molar-refractivity contribution is 7.99. The quantitative estimate of drug-likeness (QED) is 0.654. The van der Waals surface area contributed by atoms with Crippen molar-refractivity contribution in [2.45, 2.75) is 11.7 Å². The number of carboxylic acid groups (broad SMARTS) is 1. The number of hydrogen-bond donors (Lipinski definition) is 1. The lowest BCUT2D eigenvalue weighted by Gasteiger charge is -2.06. The number of methoxy groups -OCH3 is 1. The second-order valence-electron chi connectivity index (χ2n) is 4.05. The topological polar surface area (TPSA) is 105 Å². The summed E-state index contributed by atoms with van der Waals surface area (Å²) in [4.78, 5) is 26.5. The summed E-state index contributed by atoms with van der Waals surface area (Å²) >= 11 is 1.01. The number of esters is 1. The fraction of sp³-hybridized carbons (Fsp3) is 0.231. The van der Waals surface area contributed by atoms with Crippen LogP contribution in [0.5, 0.6) is 0 Å². The molecule has 0 aliphatic rings. The molecule has 1 N–H and O–H groups in total. The summed E-state index contributed by atoms with van der Waals surface area (Å²) in [6.45, 7) is -0.0934. The van der Waals surface area contributed by atoms with Crippen molar-refractivity contribution in [1.29, 1.82) is 5.26 Å². The SMILES string of the molecule is COC(=O)Cn1c(SCC(=O)O)nc2ccc(C#N)cc21. The number of aromatic nitrogens is 2. The number of thioether (sulfide) groups is 1. The van der Waals surface area contributed by atoms with Gasteiger partial charge in [-0.15, -0.1) is 0 Å². The lowest BCUT2D eigenvalue weighted by Crippen LogP contribution is -2.13. The van der Waals surface area contributed by atoms with Gasteiger partial charge in [0.25, 0.3) is 0 Å². The molecule has 1 heterocycles. The van der Waals surface area contributed by atoms with E-state index in [-0.39, 0.29) is 12.3 Å². The molecule has 0 unspecified atom stereocenters. The van der Waals surface area contributed by atoms with Crippen molar-refractivity contribution in [3.05, 3.63) is 23.8 Å². The molecule has 0 saturated heterocycles. The Hall–Kier alpha value is -2.53. The predicted molar refractivity (Wildman–Crippen MR) is 74.8 cm³/mol. The first-order valence-corrected chi connectivity index (χ1v) is 6.85. The Balaban J connectivity index is 2.50. The van der Waals surface area contributed by atoms with Gasteiger partial charge in [-0.25, -0.2) is 4.98 Å². The van der Waals surface area contributed by atoms with Crippen LogP contribution in [0.1, 0.15) is 5.56 Å². The zero-order chi connectivity index (χ0) is 15.4. The van der Waals surface area contributed by atoms with Gasteiger partial charge < -0.3 is 14.4 Å². The molecule has 21 heavy (non-hydrogen) atoms. The Morgan fingerprint density at radius 1 is 1.52 bits per heavy atom. The van der Waals surface area contributed by atoms with E-state index in [0.29, 0.717) is 21.8 Å². The van der Waals surface area contributed by atoms with Crippen molar-refractivity contribution in [3.8, 4) is 6.07 Å². The maximum atomic E-state index is 11.5. The van der Waals surface area contributed by atoms with Gasteiger partial charge in [-0.3, -0.25) is 9.59 Å². The third-order valence-electron chi connectivity index (χ3n) is 2.68. The lowest BCUT2D eigenvalue weighted by atomic mass is 10.2. The van der Waals surface area contributed by atoms with Crippen molar-refractivity contribution in [3.63, 3.8) is 0 Å². The van der Waals surface area contributed by atoms with Gasteiger partial charge in [-0.2, -0.15) is 5.26 Å². The van der Waals surface area contributed by atoms with Crippen LogP contribution in [0.2, 0.25) is 0 Å². The van der Waals surface area contributed by atoms with E-state index in [2.05, 4.69) is 9.72 Å². The van der Waals surface area contributed by atoms with Crippen LogP contribution in [-0.4, -0.2) is 39.5 Å². The molecule has 1 aromatic carbocycles. The van der Waals surface area contributed by atoms with Crippen LogP contribution in [0.25, 0.3) is 11.0 Å². The smallest absolute Gasteiger partial charge is 0.325 e. The van der Waals surface area contributed by atoms with Gasteiger partial charge in [0, 0.05) is 0 Å². The fourth-order valence-electron chi connectivity index (χ4n) is 1.75. The third kappa shape index (κ3) is 3.32. The molecular weight excluding hydrogens is 294 g/mol. The normalized spacial score (nSPS) is 10.3. The number of carbonyl (C=O) groups excluding carboxylic acids is 1. The molecule has 0 fully saturated rings. The van der Waals surface area contributed by atoms with Gasteiger partial charge in [0.15, 0.2) is 5.16 Å². The summed E-state index contributed by atoms with van der Waals surface area (Å²) in [5.41, 5.74) is 1.61. The van der Waals surface area contributed by atoms with Crippen LogP contribution < -0.4 is 0 Å². The lowest BCUT2D eigenvalue weighted by molar-refractivity contribution is -0.141. The Morgan fingerprint density at radius 2 is 2.29 bits per heavy atom. The minimum absolute atomic E-state index is 0.0934. The van der Waals surface area contributed by atoms with E-state index in [1.165, 1.54) is 7.11 Å². The number of hydrogen-bond acceptors (Lipinski definition) is 6. The van der Waals surface area contributed by atoms with Crippen molar-refractivity contribution in [1.82, 2.24) is 9.55 Å². The Labute approximate surface area is 124 Å². The first kappa shape index (κ1) is 14.9. The number of rotatable bonds is 5. The average Bonchev–Trinajstić information content (AvgIpc) is 2.82. The van der Waals surface area contributed by atoms with E-state index in [1.807, 2.05) is 6.07 Å². The molecule has 0 spiro atoms. The molecule has 0 aliphatic heterocycles. The second-order valence-corrected chi connectivity index (χ2v) is 5.00. The van der Waals surface area contributed by atoms with E-state index >= 15 is 0 Å². The molecule has 8 heteroatoms. The molecular formula is C13H11N3O4S. The van der Waals surface area contributed by atoms with Gasteiger partial charge in [0.1, 0.15) is 6.54 Å². The van der Waals surface area contributed by atoms with Crippen LogP contribution in [0.3, 0.4) is 0 Å². The first-order valence-electron chi connectivity index (χ1n) is 5.87. The summed E-state index contributed by atoms with van der Waals surface area (Å²) < 4.78 is 6.18. The zero-order valence-corrected chi connectivity index (χ0v) is 11.9. The number of carbonyl (C=O) groups is 2. The number of ether oxygens (including phenoxy) is 1. The number of aliphatic carboxylic acids is 1. The second kappa shape index (κ2) is 6.28. The minimum Gasteiger partial charge on any atom is -0.481 e. The Kier molecular flexibility index (Phi) is 4.45.